The Morgan fingerprint density at radius 3 is 2.58 bits per heavy atom. The van der Waals surface area contributed by atoms with Crippen molar-refractivity contribution in [2.24, 2.45) is 0 Å². The van der Waals surface area contributed by atoms with E-state index in [1.165, 1.54) is 5.39 Å². The number of nitrogens with two attached hydrogens (primary N) is 1. The number of rotatable bonds is 4. The molecule has 1 atom stereocenters. The van der Waals surface area contributed by atoms with Gasteiger partial charge in [0, 0.05) is 60.2 Å². The summed E-state index contributed by atoms with van der Waals surface area (Å²) in [5.74, 6) is 0. The minimum Gasteiger partial charge on any atom is -0.399 e. The molecule has 0 radical (unpaired) electrons. The number of nitrogens with one attached hydrogen (secondary N) is 1. The first-order valence-corrected chi connectivity index (χ1v) is 8.60. The van der Waals surface area contributed by atoms with E-state index in [-0.39, 0.29) is 6.10 Å². The van der Waals surface area contributed by atoms with Gasteiger partial charge in [-0.05, 0) is 24.3 Å². The molecule has 2 heterocycles. The standard InChI is InChI=1S/C19H24N4O/c20-14-5-6-19-17(11-14)16-3-1-2-4-18(16)23(19)13-15(24)12-22-9-7-21-8-10-22/h1-6,11,15,21,24H,7-10,12-13,20H2. The molecule has 4 N–H and O–H groups in total. The molecule has 0 aliphatic carbocycles. The lowest BCUT2D eigenvalue weighted by Crippen LogP contribution is -2.46. The van der Waals surface area contributed by atoms with Crippen LogP contribution in [0.25, 0.3) is 21.8 Å². The second-order valence-electron chi connectivity index (χ2n) is 6.61. The van der Waals surface area contributed by atoms with E-state index in [9.17, 15) is 5.11 Å². The first-order chi connectivity index (χ1) is 11.7. The van der Waals surface area contributed by atoms with E-state index in [0.29, 0.717) is 13.1 Å². The van der Waals surface area contributed by atoms with E-state index in [1.807, 2.05) is 24.3 Å². The van der Waals surface area contributed by atoms with Crippen molar-refractivity contribution in [1.82, 2.24) is 14.8 Å². The molecule has 126 valence electrons. The molecule has 1 aliphatic rings. The van der Waals surface area contributed by atoms with Gasteiger partial charge >= 0.3 is 0 Å². The molecule has 4 rings (SSSR count). The zero-order valence-corrected chi connectivity index (χ0v) is 13.8. The molecule has 1 saturated heterocycles. The third-order valence-electron chi connectivity index (χ3n) is 4.87. The maximum Gasteiger partial charge on any atom is 0.0845 e. The van der Waals surface area contributed by atoms with Crippen LogP contribution in [0.2, 0.25) is 0 Å². The van der Waals surface area contributed by atoms with E-state index in [0.717, 1.165) is 48.3 Å². The van der Waals surface area contributed by atoms with Crippen LogP contribution in [0.4, 0.5) is 5.69 Å². The molecule has 1 aliphatic heterocycles. The molecule has 24 heavy (non-hydrogen) atoms. The lowest BCUT2D eigenvalue weighted by molar-refractivity contribution is 0.0936. The fourth-order valence-electron chi connectivity index (χ4n) is 3.73. The number of anilines is 1. The smallest absolute Gasteiger partial charge is 0.0845 e. The fourth-order valence-corrected chi connectivity index (χ4v) is 3.73. The average molecular weight is 324 g/mol. The Morgan fingerprint density at radius 2 is 1.75 bits per heavy atom. The van der Waals surface area contributed by atoms with E-state index < -0.39 is 0 Å². The van der Waals surface area contributed by atoms with Crippen molar-refractivity contribution < 1.29 is 5.11 Å². The predicted molar refractivity (Wildman–Crippen MR) is 99.2 cm³/mol. The highest BCUT2D eigenvalue weighted by molar-refractivity contribution is 6.08. The number of hydrogen-bond donors (Lipinski definition) is 3. The number of piperazine rings is 1. The van der Waals surface area contributed by atoms with Gasteiger partial charge in [0.2, 0.25) is 0 Å². The molecule has 0 amide bonds. The summed E-state index contributed by atoms with van der Waals surface area (Å²) in [7, 11) is 0. The van der Waals surface area contributed by atoms with Crippen molar-refractivity contribution in [2.45, 2.75) is 12.6 Å². The van der Waals surface area contributed by atoms with E-state index in [1.54, 1.807) is 0 Å². The highest BCUT2D eigenvalue weighted by Gasteiger charge is 2.17. The molecule has 0 saturated carbocycles. The topological polar surface area (TPSA) is 66.5 Å². The lowest BCUT2D eigenvalue weighted by atomic mass is 10.1. The van der Waals surface area contributed by atoms with Gasteiger partial charge in [0.1, 0.15) is 0 Å². The van der Waals surface area contributed by atoms with Crippen LogP contribution < -0.4 is 11.1 Å². The van der Waals surface area contributed by atoms with Gasteiger partial charge in [0.15, 0.2) is 0 Å². The van der Waals surface area contributed by atoms with Crippen molar-refractivity contribution in [1.29, 1.82) is 0 Å². The highest BCUT2D eigenvalue weighted by Crippen LogP contribution is 2.30. The predicted octanol–water partition coefficient (Wildman–Crippen LogP) is 1.64. The summed E-state index contributed by atoms with van der Waals surface area (Å²) in [5, 5.41) is 16.3. The Labute approximate surface area is 141 Å². The zero-order chi connectivity index (χ0) is 16.5. The summed E-state index contributed by atoms with van der Waals surface area (Å²) < 4.78 is 2.22. The largest absolute Gasteiger partial charge is 0.399 e. The van der Waals surface area contributed by atoms with E-state index >= 15 is 0 Å². The number of para-hydroxylation sites is 1. The molecule has 5 heteroatoms. The normalized spacial score (nSPS) is 17.5. The number of fused-ring (bicyclic) bond motifs is 3. The number of nitrogens with zero attached hydrogens (tertiary/aromatic N) is 2. The maximum atomic E-state index is 10.6. The summed E-state index contributed by atoms with van der Waals surface area (Å²) in [6.07, 6.45) is -0.389. The minimum absolute atomic E-state index is 0.389. The van der Waals surface area contributed by atoms with Crippen molar-refractivity contribution >= 4 is 27.5 Å². The van der Waals surface area contributed by atoms with Crippen LogP contribution in [-0.4, -0.2) is 53.4 Å². The SMILES string of the molecule is Nc1ccc2c(c1)c1ccccc1n2CC(O)CN1CCNCC1. The van der Waals surface area contributed by atoms with Gasteiger partial charge in [-0.15, -0.1) is 0 Å². The molecular weight excluding hydrogens is 300 g/mol. The molecule has 1 unspecified atom stereocenters. The van der Waals surface area contributed by atoms with Gasteiger partial charge in [-0.1, -0.05) is 18.2 Å². The number of nitrogen functional groups attached to an aromatic ring is 1. The fraction of sp³-hybridized carbons (Fsp3) is 0.368. The van der Waals surface area contributed by atoms with Gasteiger partial charge < -0.3 is 20.7 Å². The van der Waals surface area contributed by atoms with Gasteiger partial charge in [0.25, 0.3) is 0 Å². The van der Waals surface area contributed by atoms with Crippen LogP contribution >= 0.6 is 0 Å². The molecule has 1 fully saturated rings. The van der Waals surface area contributed by atoms with Gasteiger partial charge in [-0.3, -0.25) is 4.90 Å². The first kappa shape index (κ1) is 15.4. The molecule has 0 spiro atoms. The Bertz CT molecular complexity index is 851. The Kier molecular flexibility index (Phi) is 4.14. The third kappa shape index (κ3) is 2.86. The summed E-state index contributed by atoms with van der Waals surface area (Å²) >= 11 is 0. The Morgan fingerprint density at radius 1 is 1.00 bits per heavy atom. The number of benzene rings is 2. The molecular formula is C19H24N4O. The Balaban J connectivity index is 1.67. The number of aromatic nitrogens is 1. The zero-order valence-electron chi connectivity index (χ0n) is 13.8. The second-order valence-corrected chi connectivity index (χ2v) is 6.61. The van der Waals surface area contributed by atoms with Gasteiger partial charge in [-0.2, -0.15) is 0 Å². The van der Waals surface area contributed by atoms with Crippen LogP contribution in [0.5, 0.6) is 0 Å². The van der Waals surface area contributed by atoms with Crippen LogP contribution in [-0.2, 0) is 6.54 Å². The Hall–Kier alpha value is -2.08. The summed E-state index contributed by atoms with van der Waals surface area (Å²) in [5.41, 5.74) is 9.03. The number of hydrogen-bond acceptors (Lipinski definition) is 4. The number of aliphatic hydroxyl groups excluding tert-OH is 1. The highest BCUT2D eigenvalue weighted by atomic mass is 16.3. The van der Waals surface area contributed by atoms with E-state index in [2.05, 4.69) is 33.0 Å². The third-order valence-corrected chi connectivity index (χ3v) is 4.87. The molecule has 5 nitrogen and oxygen atoms in total. The number of β-amino-alcohol motifs (C(OH)–C–C–N with tert-alkyl or cyclic N) is 1. The van der Waals surface area contributed by atoms with E-state index in [4.69, 9.17) is 5.73 Å². The first-order valence-electron chi connectivity index (χ1n) is 8.60. The van der Waals surface area contributed by atoms with Crippen molar-refractivity contribution in [3.05, 3.63) is 42.5 Å². The second kappa shape index (κ2) is 6.43. The molecule has 1 aromatic heterocycles. The average Bonchev–Trinajstić information content (AvgIpc) is 2.89. The molecule has 2 aromatic carbocycles. The van der Waals surface area contributed by atoms with Crippen LogP contribution in [0.3, 0.4) is 0 Å². The van der Waals surface area contributed by atoms with Crippen molar-refractivity contribution in [3.63, 3.8) is 0 Å². The molecule has 3 aromatic rings. The van der Waals surface area contributed by atoms with Gasteiger partial charge in [0.05, 0.1) is 12.6 Å². The summed E-state index contributed by atoms with van der Waals surface area (Å²) in [4.78, 5) is 2.33. The van der Waals surface area contributed by atoms with Crippen molar-refractivity contribution in [2.75, 3.05) is 38.5 Å². The monoisotopic (exact) mass is 324 g/mol. The molecule has 0 bridgehead atoms. The lowest BCUT2D eigenvalue weighted by Gasteiger charge is -2.29. The van der Waals surface area contributed by atoms with Crippen LogP contribution in [0.15, 0.2) is 42.5 Å². The van der Waals surface area contributed by atoms with Crippen LogP contribution in [0, 0.1) is 0 Å². The maximum absolute atomic E-state index is 10.6. The number of aliphatic hydroxyl groups is 1. The summed E-state index contributed by atoms with van der Waals surface area (Å²) in [6, 6.07) is 14.3. The van der Waals surface area contributed by atoms with Crippen LogP contribution in [0.1, 0.15) is 0 Å². The quantitative estimate of drug-likeness (QED) is 0.638. The van der Waals surface area contributed by atoms with Crippen molar-refractivity contribution in [3.8, 4) is 0 Å². The summed E-state index contributed by atoms with van der Waals surface area (Å²) in [6.45, 7) is 5.31. The minimum atomic E-state index is -0.389. The van der Waals surface area contributed by atoms with Gasteiger partial charge in [-0.25, -0.2) is 0 Å².